The van der Waals surface area contributed by atoms with E-state index in [1.54, 1.807) is 4.90 Å². The molecule has 0 aromatic rings. The fourth-order valence-electron chi connectivity index (χ4n) is 2.43. The van der Waals surface area contributed by atoms with E-state index in [1.165, 1.54) is 0 Å². The van der Waals surface area contributed by atoms with E-state index in [-0.39, 0.29) is 24.5 Å². The molecule has 0 aliphatic carbocycles. The predicted octanol–water partition coefficient (Wildman–Crippen LogP) is 0.256. The molecule has 0 radical (unpaired) electrons. The standard InChI is InChI=1S/C12H19NO5/c1-8-2-3-10(18-8)12(16)13-4-5-17-9(7-13)6-11(14)15/h8-10H,2-7H2,1H3,(H,14,15)/t8-,9-,10-/m1/s1. The Bertz CT molecular complexity index is 332. The molecular weight excluding hydrogens is 238 g/mol. The summed E-state index contributed by atoms with van der Waals surface area (Å²) >= 11 is 0. The van der Waals surface area contributed by atoms with Gasteiger partial charge in [0.05, 0.1) is 25.2 Å². The Hall–Kier alpha value is -1.14. The van der Waals surface area contributed by atoms with Crippen LogP contribution in [-0.2, 0) is 19.1 Å². The molecule has 2 heterocycles. The fraction of sp³-hybridized carbons (Fsp3) is 0.833. The summed E-state index contributed by atoms with van der Waals surface area (Å²) in [6.07, 6.45) is 0.962. The molecule has 102 valence electrons. The number of rotatable bonds is 3. The molecule has 0 spiro atoms. The van der Waals surface area contributed by atoms with Crippen molar-refractivity contribution in [1.82, 2.24) is 4.90 Å². The maximum absolute atomic E-state index is 12.2. The molecule has 1 N–H and O–H groups in total. The van der Waals surface area contributed by atoms with Gasteiger partial charge in [0.15, 0.2) is 0 Å². The number of carboxylic acids is 1. The smallest absolute Gasteiger partial charge is 0.306 e. The molecule has 1 amide bonds. The molecule has 2 fully saturated rings. The second kappa shape index (κ2) is 5.67. The lowest BCUT2D eigenvalue weighted by Gasteiger charge is -2.33. The van der Waals surface area contributed by atoms with Crippen molar-refractivity contribution in [2.75, 3.05) is 19.7 Å². The van der Waals surface area contributed by atoms with Gasteiger partial charge in [-0.05, 0) is 19.8 Å². The number of carbonyl (C=O) groups is 2. The maximum Gasteiger partial charge on any atom is 0.306 e. The van der Waals surface area contributed by atoms with Gasteiger partial charge in [-0.25, -0.2) is 0 Å². The Morgan fingerprint density at radius 1 is 1.39 bits per heavy atom. The van der Waals surface area contributed by atoms with Crippen LogP contribution in [-0.4, -0.2) is 59.9 Å². The lowest BCUT2D eigenvalue weighted by atomic mass is 10.1. The average molecular weight is 257 g/mol. The Labute approximate surface area is 106 Å². The van der Waals surface area contributed by atoms with Gasteiger partial charge in [-0.1, -0.05) is 0 Å². The molecule has 6 heteroatoms. The Morgan fingerprint density at radius 2 is 2.17 bits per heavy atom. The van der Waals surface area contributed by atoms with Crippen molar-refractivity contribution in [3.8, 4) is 0 Å². The van der Waals surface area contributed by atoms with Crippen molar-refractivity contribution in [3.05, 3.63) is 0 Å². The topological polar surface area (TPSA) is 76.1 Å². The number of hydrogen-bond donors (Lipinski definition) is 1. The highest BCUT2D eigenvalue weighted by atomic mass is 16.5. The molecule has 2 rings (SSSR count). The van der Waals surface area contributed by atoms with Gasteiger partial charge < -0.3 is 19.5 Å². The van der Waals surface area contributed by atoms with Crippen molar-refractivity contribution >= 4 is 11.9 Å². The van der Waals surface area contributed by atoms with Crippen LogP contribution in [0.4, 0.5) is 0 Å². The Kier molecular flexibility index (Phi) is 4.19. The summed E-state index contributed by atoms with van der Waals surface area (Å²) in [7, 11) is 0. The van der Waals surface area contributed by atoms with Crippen molar-refractivity contribution < 1.29 is 24.2 Å². The number of carbonyl (C=O) groups excluding carboxylic acids is 1. The maximum atomic E-state index is 12.2. The third-order valence-corrected chi connectivity index (χ3v) is 3.36. The SMILES string of the molecule is C[C@@H]1CC[C@H](C(=O)N2CCO[C@H](CC(=O)O)C2)O1. The van der Waals surface area contributed by atoms with E-state index in [0.717, 1.165) is 12.8 Å². The predicted molar refractivity (Wildman–Crippen MR) is 62.1 cm³/mol. The molecule has 18 heavy (non-hydrogen) atoms. The van der Waals surface area contributed by atoms with Crippen LogP contribution in [0.15, 0.2) is 0 Å². The molecule has 0 aromatic carbocycles. The molecule has 0 saturated carbocycles. The van der Waals surface area contributed by atoms with Crippen LogP contribution >= 0.6 is 0 Å². The van der Waals surface area contributed by atoms with Crippen LogP contribution in [0, 0.1) is 0 Å². The van der Waals surface area contributed by atoms with E-state index in [9.17, 15) is 9.59 Å². The van der Waals surface area contributed by atoms with Gasteiger partial charge in [-0.2, -0.15) is 0 Å². The van der Waals surface area contributed by atoms with Gasteiger partial charge in [0.1, 0.15) is 6.10 Å². The van der Waals surface area contributed by atoms with Crippen molar-refractivity contribution in [2.24, 2.45) is 0 Å². The number of aliphatic carboxylic acids is 1. The van der Waals surface area contributed by atoms with Gasteiger partial charge in [0.2, 0.25) is 0 Å². The highest BCUT2D eigenvalue weighted by Gasteiger charge is 2.34. The largest absolute Gasteiger partial charge is 0.481 e. The average Bonchev–Trinajstić information content (AvgIpc) is 2.74. The third-order valence-electron chi connectivity index (χ3n) is 3.36. The van der Waals surface area contributed by atoms with Crippen LogP contribution in [0.1, 0.15) is 26.2 Å². The highest BCUT2D eigenvalue weighted by molar-refractivity contribution is 5.81. The number of carboxylic acid groups (broad SMARTS) is 1. The van der Waals surface area contributed by atoms with E-state index in [2.05, 4.69) is 0 Å². The third kappa shape index (κ3) is 3.20. The quantitative estimate of drug-likeness (QED) is 0.784. The molecular formula is C12H19NO5. The monoisotopic (exact) mass is 257 g/mol. The molecule has 0 unspecified atom stereocenters. The first-order valence-corrected chi connectivity index (χ1v) is 6.34. The number of hydrogen-bond acceptors (Lipinski definition) is 4. The zero-order chi connectivity index (χ0) is 13.1. The first-order chi connectivity index (χ1) is 8.56. The lowest BCUT2D eigenvalue weighted by Crippen LogP contribution is -2.49. The van der Waals surface area contributed by atoms with Gasteiger partial charge in [-0.15, -0.1) is 0 Å². The Morgan fingerprint density at radius 3 is 2.78 bits per heavy atom. The number of morpholine rings is 1. The van der Waals surface area contributed by atoms with E-state index in [1.807, 2.05) is 6.92 Å². The molecule has 2 saturated heterocycles. The van der Waals surface area contributed by atoms with Crippen molar-refractivity contribution in [3.63, 3.8) is 0 Å². The van der Waals surface area contributed by atoms with Gasteiger partial charge >= 0.3 is 5.97 Å². The fourth-order valence-corrected chi connectivity index (χ4v) is 2.43. The molecule has 0 bridgehead atoms. The van der Waals surface area contributed by atoms with Crippen LogP contribution in [0.3, 0.4) is 0 Å². The van der Waals surface area contributed by atoms with E-state index in [0.29, 0.717) is 19.7 Å². The lowest BCUT2D eigenvalue weighted by molar-refractivity contribution is -0.154. The minimum absolute atomic E-state index is 0.0296. The Balaban J connectivity index is 1.88. The van der Waals surface area contributed by atoms with E-state index >= 15 is 0 Å². The summed E-state index contributed by atoms with van der Waals surface area (Å²) in [6.45, 7) is 3.22. The van der Waals surface area contributed by atoms with Crippen LogP contribution in [0.2, 0.25) is 0 Å². The van der Waals surface area contributed by atoms with Crippen LogP contribution in [0.25, 0.3) is 0 Å². The number of ether oxygens (including phenoxy) is 2. The summed E-state index contributed by atoms with van der Waals surface area (Å²) in [5, 5.41) is 8.73. The number of amides is 1. The minimum Gasteiger partial charge on any atom is -0.481 e. The molecule has 3 atom stereocenters. The second-order valence-corrected chi connectivity index (χ2v) is 4.89. The summed E-state index contributed by atoms with van der Waals surface area (Å²) in [5.74, 6) is -0.932. The summed E-state index contributed by atoms with van der Waals surface area (Å²) in [5.41, 5.74) is 0. The summed E-state index contributed by atoms with van der Waals surface area (Å²) < 4.78 is 10.9. The highest BCUT2D eigenvalue weighted by Crippen LogP contribution is 2.22. The minimum atomic E-state index is -0.903. The van der Waals surface area contributed by atoms with Crippen molar-refractivity contribution in [2.45, 2.75) is 44.5 Å². The van der Waals surface area contributed by atoms with Gasteiger partial charge in [0, 0.05) is 13.1 Å². The van der Waals surface area contributed by atoms with Gasteiger partial charge in [-0.3, -0.25) is 9.59 Å². The molecule has 2 aliphatic rings. The normalized spacial score (nSPS) is 32.5. The molecule has 2 aliphatic heterocycles. The first kappa shape index (κ1) is 13.3. The number of nitrogens with zero attached hydrogens (tertiary/aromatic N) is 1. The molecule has 0 aromatic heterocycles. The van der Waals surface area contributed by atoms with Crippen molar-refractivity contribution in [1.29, 1.82) is 0 Å². The summed E-state index contributed by atoms with van der Waals surface area (Å²) in [6, 6.07) is 0. The first-order valence-electron chi connectivity index (χ1n) is 6.34. The summed E-state index contributed by atoms with van der Waals surface area (Å²) in [4.78, 5) is 24.5. The van der Waals surface area contributed by atoms with Gasteiger partial charge in [0.25, 0.3) is 5.91 Å². The van der Waals surface area contributed by atoms with E-state index in [4.69, 9.17) is 14.6 Å². The second-order valence-electron chi connectivity index (χ2n) is 4.89. The van der Waals surface area contributed by atoms with Crippen LogP contribution < -0.4 is 0 Å². The zero-order valence-corrected chi connectivity index (χ0v) is 10.5. The van der Waals surface area contributed by atoms with Crippen LogP contribution in [0.5, 0.6) is 0 Å². The molecule has 6 nitrogen and oxygen atoms in total. The zero-order valence-electron chi connectivity index (χ0n) is 10.5. The van der Waals surface area contributed by atoms with E-state index < -0.39 is 12.1 Å².